The number of hydrogen-bond acceptors (Lipinski definition) is 6. The van der Waals surface area contributed by atoms with Gasteiger partial charge in [-0.05, 0) is 25.1 Å². The molecule has 0 N–H and O–H groups in total. The highest BCUT2D eigenvalue weighted by molar-refractivity contribution is 6.02. The Balaban J connectivity index is 1.44. The van der Waals surface area contributed by atoms with Crippen LogP contribution in [0.1, 0.15) is 26.5 Å². The van der Waals surface area contributed by atoms with Gasteiger partial charge in [0.25, 0.3) is 0 Å². The lowest BCUT2D eigenvalue weighted by Crippen LogP contribution is -2.14. The summed E-state index contributed by atoms with van der Waals surface area (Å²) in [5, 5.41) is 0.871. The fraction of sp³-hybridized carbons (Fsp3) is 0.0952. The first-order chi connectivity index (χ1) is 13.1. The van der Waals surface area contributed by atoms with Gasteiger partial charge < -0.3 is 13.6 Å². The minimum absolute atomic E-state index is 0.213. The van der Waals surface area contributed by atoms with Gasteiger partial charge in [0.15, 0.2) is 24.5 Å². The van der Waals surface area contributed by atoms with E-state index < -0.39 is 5.97 Å². The number of rotatable bonds is 5. The molecule has 4 rings (SSSR count). The van der Waals surface area contributed by atoms with E-state index in [9.17, 15) is 9.59 Å². The predicted octanol–water partition coefficient (Wildman–Crippen LogP) is 4.44. The van der Waals surface area contributed by atoms with Crippen LogP contribution < -0.4 is 0 Å². The number of fused-ring (bicyclic) bond motifs is 1. The molecule has 0 aliphatic heterocycles. The first kappa shape index (κ1) is 16.8. The molecule has 0 aliphatic carbocycles. The van der Waals surface area contributed by atoms with Crippen LogP contribution in [0.15, 0.2) is 70.0 Å². The summed E-state index contributed by atoms with van der Waals surface area (Å²) in [5.41, 5.74) is 2.50. The average molecular weight is 361 g/mol. The van der Waals surface area contributed by atoms with Crippen molar-refractivity contribution in [2.45, 2.75) is 6.92 Å². The van der Waals surface area contributed by atoms with Gasteiger partial charge in [-0.3, -0.25) is 4.79 Å². The SMILES string of the molecule is Cc1c(C(=O)COC(=O)c2ccc(-c3cnco3)cc2)oc2ccccc12. The van der Waals surface area contributed by atoms with Crippen LogP contribution in [-0.4, -0.2) is 23.3 Å². The molecule has 0 saturated carbocycles. The zero-order chi connectivity index (χ0) is 18.8. The van der Waals surface area contributed by atoms with E-state index in [-0.39, 0.29) is 18.2 Å². The lowest BCUT2D eigenvalue weighted by Gasteiger charge is -2.04. The molecule has 2 aromatic carbocycles. The lowest BCUT2D eigenvalue weighted by molar-refractivity contribution is 0.0468. The Morgan fingerprint density at radius 3 is 2.56 bits per heavy atom. The molecule has 0 fully saturated rings. The number of furan rings is 1. The van der Waals surface area contributed by atoms with Crippen molar-refractivity contribution in [3.8, 4) is 11.3 Å². The molecule has 2 aromatic heterocycles. The second-order valence-electron chi connectivity index (χ2n) is 5.99. The topological polar surface area (TPSA) is 82.5 Å². The van der Waals surface area contributed by atoms with Crippen LogP contribution in [0.4, 0.5) is 0 Å². The average Bonchev–Trinajstić information content (AvgIpc) is 3.35. The quantitative estimate of drug-likeness (QED) is 0.386. The lowest BCUT2D eigenvalue weighted by atomic mass is 10.1. The number of hydrogen-bond donors (Lipinski definition) is 0. The molecule has 6 heteroatoms. The second-order valence-corrected chi connectivity index (χ2v) is 5.99. The summed E-state index contributed by atoms with van der Waals surface area (Å²) < 4.78 is 15.9. The number of carbonyl (C=O) groups is 2. The van der Waals surface area contributed by atoms with Crippen molar-refractivity contribution in [2.24, 2.45) is 0 Å². The summed E-state index contributed by atoms with van der Waals surface area (Å²) >= 11 is 0. The van der Waals surface area contributed by atoms with Crippen molar-refractivity contribution in [1.29, 1.82) is 0 Å². The number of Topliss-reactive ketones (excluding diaryl/α,β-unsaturated/α-hetero) is 1. The Hall–Kier alpha value is -3.67. The molecular weight excluding hydrogens is 346 g/mol. The van der Waals surface area contributed by atoms with Crippen LogP contribution in [0.2, 0.25) is 0 Å². The number of aryl methyl sites for hydroxylation is 1. The molecule has 0 radical (unpaired) electrons. The van der Waals surface area contributed by atoms with Crippen molar-refractivity contribution in [3.63, 3.8) is 0 Å². The van der Waals surface area contributed by atoms with Crippen LogP contribution in [0.25, 0.3) is 22.3 Å². The first-order valence-electron chi connectivity index (χ1n) is 8.31. The van der Waals surface area contributed by atoms with Gasteiger partial charge >= 0.3 is 5.97 Å². The number of ketones is 1. The summed E-state index contributed by atoms with van der Waals surface area (Å²) in [6.07, 6.45) is 2.92. The molecule has 0 aliphatic rings. The fourth-order valence-corrected chi connectivity index (χ4v) is 2.85. The molecule has 134 valence electrons. The van der Waals surface area contributed by atoms with Crippen molar-refractivity contribution in [3.05, 3.63) is 78.0 Å². The molecule has 4 aromatic rings. The summed E-state index contributed by atoms with van der Waals surface area (Å²) in [4.78, 5) is 28.4. The van der Waals surface area contributed by atoms with Gasteiger partial charge in [-0.25, -0.2) is 9.78 Å². The van der Waals surface area contributed by atoms with E-state index in [4.69, 9.17) is 13.6 Å². The van der Waals surface area contributed by atoms with Crippen molar-refractivity contribution < 1.29 is 23.2 Å². The van der Waals surface area contributed by atoms with Gasteiger partial charge in [-0.2, -0.15) is 0 Å². The number of esters is 1. The van der Waals surface area contributed by atoms with Gasteiger partial charge in [0.05, 0.1) is 11.8 Å². The molecular formula is C21H15NO5. The van der Waals surface area contributed by atoms with Crippen LogP contribution in [-0.2, 0) is 4.74 Å². The van der Waals surface area contributed by atoms with Crippen molar-refractivity contribution in [2.75, 3.05) is 6.61 Å². The third-order valence-electron chi connectivity index (χ3n) is 4.27. The highest BCUT2D eigenvalue weighted by Crippen LogP contribution is 2.25. The van der Waals surface area contributed by atoms with E-state index in [0.29, 0.717) is 16.9 Å². The zero-order valence-corrected chi connectivity index (χ0v) is 14.5. The van der Waals surface area contributed by atoms with Gasteiger partial charge in [0.1, 0.15) is 5.58 Å². The highest BCUT2D eigenvalue weighted by atomic mass is 16.5. The summed E-state index contributed by atoms with van der Waals surface area (Å²) in [6.45, 7) is 1.42. The molecule has 0 unspecified atom stereocenters. The van der Waals surface area contributed by atoms with Gasteiger partial charge in [-0.15, -0.1) is 0 Å². The first-order valence-corrected chi connectivity index (χ1v) is 8.31. The zero-order valence-electron chi connectivity index (χ0n) is 14.5. The monoisotopic (exact) mass is 361 g/mol. The van der Waals surface area contributed by atoms with E-state index in [1.54, 1.807) is 36.5 Å². The van der Waals surface area contributed by atoms with Crippen LogP contribution in [0, 0.1) is 6.92 Å². The van der Waals surface area contributed by atoms with E-state index in [1.165, 1.54) is 6.39 Å². The standard InChI is InChI=1S/C21H15NO5/c1-13-16-4-2-3-5-18(16)27-20(13)17(23)11-25-21(24)15-8-6-14(7-9-15)19-10-22-12-26-19/h2-10,12H,11H2,1H3. The normalized spacial score (nSPS) is 10.9. The minimum Gasteiger partial charge on any atom is -0.454 e. The number of aromatic nitrogens is 1. The Labute approximate surface area is 154 Å². The molecule has 6 nitrogen and oxygen atoms in total. The molecule has 27 heavy (non-hydrogen) atoms. The molecule has 0 spiro atoms. The number of carbonyl (C=O) groups excluding carboxylic acids is 2. The summed E-state index contributed by atoms with van der Waals surface area (Å²) in [5.74, 6) is -0.147. The Morgan fingerprint density at radius 2 is 1.85 bits per heavy atom. The smallest absolute Gasteiger partial charge is 0.338 e. The fourth-order valence-electron chi connectivity index (χ4n) is 2.85. The maximum absolute atomic E-state index is 12.4. The van der Waals surface area contributed by atoms with Crippen LogP contribution in [0.5, 0.6) is 0 Å². The van der Waals surface area contributed by atoms with E-state index in [1.807, 2.05) is 25.1 Å². The highest BCUT2D eigenvalue weighted by Gasteiger charge is 2.19. The molecule has 2 heterocycles. The minimum atomic E-state index is -0.582. The largest absolute Gasteiger partial charge is 0.454 e. The Morgan fingerprint density at radius 1 is 1.07 bits per heavy atom. The van der Waals surface area contributed by atoms with E-state index in [2.05, 4.69) is 4.98 Å². The van der Waals surface area contributed by atoms with Gasteiger partial charge in [0, 0.05) is 16.5 Å². The van der Waals surface area contributed by atoms with Gasteiger partial charge in [-0.1, -0.05) is 30.3 Å². The second kappa shape index (κ2) is 6.92. The van der Waals surface area contributed by atoms with E-state index >= 15 is 0 Å². The number of ether oxygens (including phenoxy) is 1. The number of nitrogens with zero attached hydrogens (tertiary/aromatic N) is 1. The molecule has 0 amide bonds. The molecule has 0 bridgehead atoms. The maximum Gasteiger partial charge on any atom is 0.338 e. The molecule has 0 saturated heterocycles. The summed E-state index contributed by atoms with van der Waals surface area (Å²) in [7, 11) is 0. The Bertz CT molecular complexity index is 1110. The maximum atomic E-state index is 12.4. The van der Waals surface area contributed by atoms with Crippen LogP contribution in [0.3, 0.4) is 0 Å². The van der Waals surface area contributed by atoms with Gasteiger partial charge in [0.2, 0.25) is 5.78 Å². The number of para-hydroxylation sites is 1. The number of oxazole rings is 1. The number of benzene rings is 2. The third-order valence-corrected chi connectivity index (χ3v) is 4.27. The van der Waals surface area contributed by atoms with Crippen molar-refractivity contribution >= 4 is 22.7 Å². The third kappa shape index (κ3) is 3.25. The van der Waals surface area contributed by atoms with E-state index in [0.717, 1.165) is 16.5 Å². The van der Waals surface area contributed by atoms with Crippen LogP contribution >= 0.6 is 0 Å². The molecule has 0 atom stereocenters. The predicted molar refractivity (Wildman–Crippen MR) is 97.5 cm³/mol. The van der Waals surface area contributed by atoms with Crippen molar-refractivity contribution in [1.82, 2.24) is 4.98 Å². The Kier molecular flexibility index (Phi) is 4.30. The summed E-state index contributed by atoms with van der Waals surface area (Å²) in [6, 6.07) is 14.1.